The highest BCUT2D eigenvalue weighted by molar-refractivity contribution is 7.13. The molecule has 3 heterocycles. The Kier molecular flexibility index (Phi) is 4.67. The minimum Gasteiger partial charge on any atom is -0.316 e. The van der Waals surface area contributed by atoms with Gasteiger partial charge >= 0.3 is 0 Å². The summed E-state index contributed by atoms with van der Waals surface area (Å²) in [4.78, 5) is 23.7. The van der Waals surface area contributed by atoms with Crippen molar-refractivity contribution in [3.63, 3.8) is 0 Å². The van der Waals surface area contributed by atoms with E-state index in [9.17, 15) is 4.79 Å². The van der Waals surface area contributed by atoms with Crippen LogP contribution in [-0.2, 0) is 17.6 Å². The van der Waals surface area contributed by atoms with Crippen LogP contribution >= 0.6 is 11.3 Å². The molecule has 26 heavy (non-hydrogen) atoms. The van der Waals surface area contributed by atoms with E-state index in [4.69, 9.17) is 0 Å². The quantitative estimate of drug-likeness (QED) is 0.757. The molecule has 5 nitrogen and oxygen atoms in total. The van der Waals surface area contributed by atoms with Crippen LogP contribution in [0.1, 0.15) is 23.4 Å². The Morgan fingerprint density at radius 2 is 2.08 bits per heavy atom. The summed E-state index contributed by atoms with van der Waals surface area (Å²) >= 11 is 1.49. The molecule has 0 saturated heterocycles. The van der Waals surface area contributed by atoms with Gasteiger partial charge in [-0.2, -0.15) is 0 Å². The molecule has 0 saturated carbocycles. The van der Waals surface area contributed by atoms with Gasteiger partial charge in [0.05, 0.1) is 12.1 Å². The smallest absolute Gasteiger partial charge is 0.233 e. The Balaban J connectivity index is 1.45. The number of nitrogens with zero attached hydrogens (tertiary/aromatic N) is 3. The summed E-state index contributed by atoms with van der Waals surface area (Å²) in [7, 11) is 0. The molecule has 6 heteroatoms. The zero-order chi connectivity index (χ0) is 17.9. The largest absolute Gasteiger partial charge is 0.316 e. The number of pyridine rings is 1. The Morgan fingerprint density at radius 1 is 1.19 bits per heavy atom. The van der Waals surface area contributed by atoms with Gasteiger partial charge in [0.2, 0.25) is 5.91 Å². The topological polar surface area (TPSA) is 58.1 Å². The fourth-order valence-electron chi connectivity index (χ4n) is 3.21. The Bertz CT molecular complexity index is 937. The van der Waals surface area contributed by atoms with Crippen LogP contribution in [0.4, 0.5) is 16.6 Å². The summed E-state index contributed by atoms with van der Waals surface area (Å²) in [6, 6.07) is 14.0. The van der Waals surface area contributed by atoms with E-state index in [-0.39, 0.29) is 5.91 Å². The number of para-hydroxylation sites is 1. The van der Waals surface area contributed by atoms with Crippen LogP contribution in [0.25, 0.3) is 0 Å². The number of rotatable bonds is 4. The van der Waals surface area contributed by atoms with Gasteiger partial charge in [0, 0.05) is 23.3 Å². The minimum absolute atomic E-state index is 0.0997. The Hall–Kier alpha value is -2.73. The average molecular weight is 364 g/mol. The third kappa shape index (κ3) is 3.60. The SMILES string of the molecule is Cc1cccc(Nc2nc(CC(=O)N3CCCc4ccccc43)cs2)n1. The van der Waals surface area contributed by atoms with Crippen LogP contribution in [0, 0.1) is 6.92 Å². The van der Waals surface area contributed by atoms with E-state index < -0.39 is 0 Å². The summed E-state index contributed by atoms with van der Waals surface area (Å²) in [6.07, 6.45) is 2.35. The highest BCUT2D eigenvalue weighted by Gasteiger charge is 2.22. The van der Waals surface area contributed by atoms with Crippen LogP contribution in [0.15, 0.2) is 47.8 Å². The number of amides is 1. The number of hydrogen-bond acceptors (Lipinski definition) is 5. The Morgan fingerprint density at radius 3 is 2.96 bits per heavy atom. The van der Waals surface area contributed by atoms with E-state index >= 15 is 0 Å². The van der Waals surface area contributed by atoms with Gasteiger partial charge in [-0.3, -0.25) is 4.79 Å². The second-order valence-corrected chi connectivity index (χ2v) is 7.25. The highest BCUT2D eigenvalue weighted by Crippen LogP contribution is 2.28. The third-order valence-corrected chi connectivity index (χ3v) is 5.23. The second kappa shape index (κ2) is 7.25. The van der Waals surface area contributed by atoms with Crippen molar-refractivity contribution >= 4 is 33.9 Å². The van der Waals surface area contributed by atoms with Crippen molar-refractivity contribution in [3.8, 4) is 0 Å². The van der Waals surface area contributed by atoms with Crippen molar-refractivity contribution in [1.29, 1.82) is 0 Å². The summed E-state index contributed by atoms with van der Waals surface area (Å²) in [5, 5.41) is 5.90. The standard InChI is InChI=1S/C20H20N4OS/c1-14-6-4-10-18(21-14)23-20-22-16(13-26-20)12-19(25)24-11-5-8-15-7-2-3-9-17(15)24/h2-4,6-7,9-10,13H,5,8,11-12H2,1H3,(H,21,22,23). The molecule has 1 N–H and O–H groups in total. The van der Waals surface area contributed by atoms with Gasteiger partial charge in [-0.25, -0.2) is 9.97 Å². The van der Waals surface area contributed by atoms with E-state index in [0.717, 1.165) is 47.4 Å². The van der Waals surface area contributed by atoms with Crippen molar-refractivity contribution in [2.75, 3.05) is 16.8 Å². The van der Waals surface area contributed by atoms with Crippen molar-refractivity contribution < 1.29 is 4.79 Å². The first-order valence-electron chi connectivity index (χ1n) is 8.72. The zero-order valence-electron chi connectivity index (χ0n) is 14.6. The molecule has 0 spiro atoms. The average Bonchev–Trinajstić information content (AvgIpc) is 3.08. The normalized spacial score (nSPS) is 13.3. The van der Waals surface area contributed by atoms with Gasteiger partial charge in [0.15, 0.2) is 5.13 Å². The lowest BCUT2D eigenvalue weighted by atomic mass is 10.0. The molecule has 1 amide bonds. The van der Waals surface area contributed by atoms with Gasteiger partial charge in [-0.1, -0.05) is 24.3 Å². The molecule has 3 aromatic rings. The minimum atomic E-state index is 0.0997. The van der Waals surface area contributed by atoms with Crippen LogP contribution in [-0.4, -0.2) is 22.4 Å². The lowest BCUT2D eigenvalue weighted by Gasteiger charge is -2.29. The molecule has 0 atom stereocenters. The van der Waals surface area contributed by atoms with Crippen molar-refractivity contribution in [2.45, 2.75) is 26.2 Å². The molecule has 1 aliphatic rings. The fraction of sp³-hybridized carbons (Fsp3) is 0.250. The van der Waals surface area contributed by atoms with E-state index in [1.54, 1.807) is 0 Å². The number of thiazole rings is 1. The summed E-state index contributed by atoms with van der Waals surface area (Å²) < 4.78 is 0. The molecular formula is C20H20N4OS. The molecule has 2 aromatic heterocycles. The van der Waals surface area contributed by atoms with Gasteiger partial charge < -0.3 is 10.2 Å². The number of carbonyl (C=O) groups excluding carboxylic acids is 1. The first-order chi connectivity index (χ1) is 12.7. The molecular weight excluding hydrogens is 344 g/mol. The molecule has 0 unspecified atom stereocenters. The molecule has 1 aliphatic heterocycles. The first-order valence-corrected chi connectivity index (χ1v) is 9.60. The molecule has 4 rings (SSSR count). The summed E-state index contributed by atoms with van der Waals surface area (Å²) in [5.74, 6) is 0.866. The lowest BCUT2D eigenvalue weighted by molar-refractivity contribution is -0.118. The van der Waals surface area contributed by atoms with Crippen LogP contribution in [0.5, 0.6) is 0 Å². The van der Waals surface area contributed by atoms with Gasteiger partial charge in [-0.05, 0) is 43.5 Å². The second-order valence-electron chi connectivity index (χ2n) is 6.39. The number of anilines is 3. The number of fused-ring (bicyclic) bond motifs is 1. The lowest BCUT2D eigenvalue weighted by Crippen LogP contribution is -2.36. The van der Waals surface area contributed by atoms with E-state index in [1.165, 1.54) is 16.9 Å². The number of carbonyl (C=O) groups is 1. The first kappa shape index (κ1) is 16.7. The van der Waals surface area contributed by atoms with Crippen molar-refractivity contribution in [2.24, 2.45) is 0 Å². The molecule has 0 bridgehead atoms. The van der Waals surface area contributed by atoms with E-state index in [1.807, 2.05) is 53.6 Å². The molecule has 0 fully saturated rings. The Labute approximate surface area is 156 Å². The fourth-order valence-corrected chi connectivity index (χ4v) is 3.93. The van der Waals surface area contributed by atoms with Crippen LogP contribution < -0.4 is 10.2 Å². The predicted molar refractivity (Wildman–Crippen MR) is 105 cm³/mol. The maximum absolute atomic E-state index is 12.8. The number of nitrogens with one attached hydrogen (secondary N) is 1. The van der Waals surface area contributed by atoms with E-state index in [2.05, 4.69) is 21.4 Å². The summed E-state index contributed by atoms with van der Waals surface area (Å²) in [6.45, 7) is 2.73. The number of aryl methyl sites for hydroxylation is 2. The van der Waals surface area contributed by atoms with Gasteiger partial charge in [-0.15, -0.1) is 11.3 Å². The van der Waals surface area contributed by atoms with Crippen molar-refractivity contribution in [3.05, 3.63) is 64.8 Å². The van der Waals surface area contributed by atoms with E-state index in [0.29, 0.717) is 6.42 Å². The third-order valence-electron chi connectivity index (χ3n) is 4.42. The summed E-state index contributed by atoms with van der Waals surface area (Å²) in [5.41, 5.74) is 4.03. The number of aromatic nitrogens is 2. The van der Waals surface area contributed by atoms with Crippen LogP contribution in [0.2, 0.25) is 0 Å². The number of hydrogen-bond donors (Lipinski definition) is 1. The molecule has 0 aliphatic carbocycles. The van der Waals surface area contributed by atoms with Crippen molar-refractivity contribution in [1.82, 2.24) is 9.97 Å². The van der Waals surface area contributed by atoms with Gasteiger partial charge in [0.1, 0.15) is 5.82 Å². The highest BCUT2D eigenvalue weighted by atomic mass is 32.1. The maximum atomic E-state index is 12.8. The zero-order valence-corrected chi connectivity index (χ0v) is 15.4. The number of benzene rings is 1. The maximum Gasteiger partial charge on any atom is 0.233 e. The van der Waals surface area contributed by atoms with Gasteiger partial charge in [0.25, 0.3) is 0 Å². The predicted octanol–water partition coefficient (Wildman–Crippen LogP) is 4.11. The molecule has 1 aromatic carbocycles. The van der Waals surface area contributed by atoms with Crippen LogP contribution in [0.3, 0.4) is 0 Å². The molecule has 0 radical (unpaired) electrons. The monoisotopic (exact) mass is 364 g/mol. The molecule has 132 valence electrons.